The van der Waals surface area contributed by atoms with E-state index in [1.807, 2.05) is 18.2 Å². The van der Waals surface area contributed by atoms with Gasteiger partial charge in [-0.25, -0.2) is 0 Å². The van der Waals surface area contributed by atoms with Gasteiger partial charge < -0.3 is 9.64 Å². The van der Waals surface area contributed by atoms with Crippen LogP contribution in [-0.4, -0.2) is 25.3 Å². The van der Waals surface area contributed by atoms with E-state index in [0.29, 0.717) is 18.1 Å². The average molecular weight is 272 g/mol. The van der Waals surface area contributed by atoms with Crippen LogP contribution in [0.5, 0.6) is 0 Å². The third-order valence-corrected chi connectivity index (χ3v) is 4.10. The molecule has 0 radical (unpaired) electrons. The summed E-state index contributed by atoms with van der Waals surface area (Å²) in [6, 6.07) is 5.93. The maximum atomic E-state index is 6.08. The fourth-order valence-corrected chi connectivity index (χ4v) is 3.15. The lowest BCUT2D eigenvalue weighted by Crippen LogP contribution is -2.43. The molecule has 0 saturated carbocycles. The first kappa shape index (κ1) is 11.6. The number of rotatable bonds is 2. The quantitative estimate of drug-likeness (QED) is 0.765. The number of hydrogen-bond donors (Lipinski definition) is 0. The molecule has 2 saturated heterocycles. The van der Waals surface area contributed by atoms with E-state index in [9.17, 15) is 0 Å². The molecule has 2 aliphatic rings. The highest BCUT2D eigenvalue weighted by Crippen LogP contribution is 2.33. The molecule has 2 fully saturated rings. The van der Waals surface area contributed by atoms with Gasteiger partial charge in [-0.05, 0) is 30.5 Å². The SMILES string of the molecule is ClCc1ccc(Cl)cc1N1CC2CCC(C1)O2. The molecule has 2 atom stereocenters. The minimum atomic E-state index is 0.385. The normalized spacial score (nSPS) is 27.5. The van der Waals surface area contributed by atoms with Crippen molar-refractivity contribution >= 4 is 28.9 Å². The van der Waals surface area contributed by atoms with Gasteiger partial charge in [0.15, 0.2) is 0 Å². The van der Waals surface area contributed by atoms with E-state index in [1.54, 1.807) is 0 Å². The van der Waals surface area contributed by atoms with Gasteiger partial charge in [0, 0.05) is 29.7 Å². The van der Waals surface area contributed by atoms with E-state index in [1.165, 1.54) is 18.5 Å². The number of benzene rings is 1. The second-order valence-corrected chi connectivity index (χ2v) is 5.47. The fraction of sp³-hybridized carbons (Fsp3) is 0.538. The molecule has 2 unspecified atom stereocenters. The maximum Gasteiger partial charge on any atom is 0.0755 e. The van der Waals surface area contributed by atoms with Crippen molar-refractivity contribution < 1.29 is 4.74 Å². The maximum absolute atomic E-state index is 6.08. The van der Waals surface area contributed by atoms with Crippen LogP contribution in [-0.2, 0) is 10.6 Å². The lowest BCUT2D eigenvalue weighted by atomic mass is 10.1. The number of nitrogens with zero attached hydrogens (tertiary/aromatic N) is 1. The van der Waals surface area contributed by atoms with Crippen LogP contribution in [0.4, 0.5) is 5.69 Å². The Morgan fingerprint density at radius 3 is 2.59 bits per heavy atom. The summed E-state index contributed by atoms with van der Waals surface area (Å²) in [7, 11) is 0. The molecule has 17 heavy (non-hydrogen) atoms. The Hall–Kier alpha value is -0.440. The molecule has 0 amide bonds. The average Bonchev–Trinajstić information content (AvgIpc) is 2.68. The Labute approximate surface area is 111 Å². The molecule has 0 N–H and O–H groups in total. The summed E-state index contributed by atoms with van der Waals surface area (Å²) in [5, 5.41) is 0.771. The predicted molar refractivity (Wildman–Crippen MR) is 71.1 cm³/mol. The smallest absolute Gasteiger partial charge is 0.0755 e. The molecule has 92 valence electrons. The van der Waals surface area contributed by atoms with Crippen molar-refractivity contribution in [1.29, 1.82) is 0 Å². The van der Waals surface area contributed by atoms with Gasteiger partial charge in [0.05, 0.1) is 12.2 Å². The lowest BCUT2D eigenvalue weighted by Gasteiger charge is -2.35. The van der Waals surface area contributed by atoms with E-state index < -0.39 is 0 Å². The van der Waals surface area contributed by atoms with Crippen LogP contribution in [0.2, 0.25) is 5.02 Å². The number of morpholine rings is 1. The van der Waals surface area contributed by atoms with Gasteiger partial charge in [0.1, 0.15) is 0 Å². The van der Waals surface area contributed by atoms with Gasteiger partial charge in [-0.2, -0.15) is 0 Å². The minimum absolute atomic E-state index is 0.385. The number of halogens is 2. The molecule has 1 aromatic rings. The first-order chi connectivity index (χ1) is 8.26. The van der Waals surface area contributed by atoms with Gasteiger partial charge in [-0.1, -0.05) is 17.7 Å². The van der Waals surface area contributed by atoms with Crippen molar-refractivity contribution in [2.75, 3.05) is 18.0 Å². The molecule has 0 aromatic heterocycles. The van der Waals surface area contributed by atoms with Gasteiger partial charge in [0.25, 0.3) is 0 Å². The highest BCUT2D eigenvalue weighted by molar-refractivity contribution is 6.31. The summed E-state index contributed by atoms with van der Waals surface area (Å²) < 4.78 is 5.85. The predicted octanol–water partition coefficient (Wildman–Crippen LogP) is 3.45. The van der Waals surface area contributed by atoms with E-state index in [4.69, 9.17) is 27.9 Å². The molecular formula is C13H15Cl2NO. The van der Waals surface area contributed by atoms with Gasteiger partial charge in [-0.15, -0.1) is 11.6 Å². The Balaban J connectivity index is 1.90. The Morgan fingerprint density at radius 1 is 1.24 bits per heavy atom. The van der Waals surface area contributed by atoms with Crippen LogP contribution < -0.4 is 4.90 Å². The van der Waals surface area contributed by atoms with Crippen molar-refractivity contribution in [3.63, 3.8) is 0 Å². The number of fused-ring (bicyclic) bond motifs is 2. The Morgan fingerprint density at radius 2 is 1.94 bits per heavy atom. The summed E-state index contributed by atoms with van der Waals surface area (Å²) in [5.41, 5.74) is 2.32. The van der Waals surface area contributed by atoms with Crippen molar-refractivity contribution in [3.05, 3.63) is 28.8 Å². The first-order valence-electron chi connectivity index (χ1n) is 6.01. The van der Waals surface area contributed by atoms with Gasteiger partial charge in [-0.3, -0.25) is 0 Å². The van der Waals surface area contributed by atoms with Crippen LogP contribution in [0.15, 0.2) is 18.2 Å². The molecule has 0 aliphatic carbocycles. The van der Waals surface area contributed by atoms with Crippen molar-refractivity contribution in [2.45, 2.75) is 30.9 Å². The van der Waals surface area contributed by atoms with Crippen LogP contribution in [0, 0.1) is 0 Å². The molecule has 2 bridgehead atoms. The van der Waals surface area contributed by atoms with E-state index in [0.717, 1.165) is 23.7 Å². The number of anilines is 1. The standard InChI is InChI=1S/C13H15Cl2NO/c14-6-9-1-2-10(15)5-13(9)16-7-11-3-4-12(8-16)17-11/h1-2,5,11-12H,3-4,6-8H2. The summed E-state index contributed by atoms with van der Waals surface area (Å²) >= 11 is 12.1. The summed E-state index contributed by atoms with van der Waals surface area (Å²) in [4.78, 5) is 2.37. The van der Waals surface area contributed by atoms with Crippen LogP contribution in [0.1, 0.15) is 18.4 Å². The zero-order valence-corrected chi connectivity index (χ0v) is 11.0. The summed E-state index contributed by atoms with van der Waals surface area (Å²) in [6.45, 7) is 1.92. The van der Waals surface area contributed by atoms with Crippen molar-refractivity contribution in [1.82, 2.24) is 0 Å². The fourth-order valence-electron chi connectivity index (χ4n) is 2.76. The van der Waals surface area contributed by atoms with Crippen molar-refractivity contribution in [2.24, 2.45) is 0 Å². The monoisotopic (exact) mass is 271 g/mol. The zero-order valence-electron chi connectivity index (χ0n) is 9.53. The van der Waals surface area contributed by atoms with Gasteiger partial charge in [0.2, 0.25) is 0 Å². The molecule has 0 spiro atoms. The largest absolute Gasteiger partial charge is 0.371 e. The number of ether oxygens (including phenoxy) is 1. The zero-order chi connectivity index (χ0) is 11.8. The lowest BCUT2D eigenvalue weighted by molar-refractivity contribution is 0.0304. The van der Waals surface area contributed by atoms with E-state index in [-0.39, 0.29) is 0 Å². The third kappa shape index (κ3) is 2.26. The molecule has 2 aliphatic heterocycles. The second kappa shape index (κ2) is 4.68. The van der Waals surface area contributed by atoms with E-state index >= 15 is 0 Å². The van der Waals surface area contributed by atoms with Crippen LogP contribution in [0.3, 0.4) is 0 Å². The highest BCUT2D eigenvalue weighted by Gasteiger charge is 2.34. The Kier molecular flexibility index (Phi) is 3.20. The molecule has 2 heterocycles. The molecule has 1 aromatic carbocycles. The molecule has 2 nitrogen and oxygen atoms in total. The first-order valence-corrected chi connectivity index (χ1v) is 6.92. The summed E-state index contributed by atoms with van der Waals surface area (Å²) in [6.07, 6.45) is 3.13. The van der Waals surface area contributed by atoms with Crippen LogP contribution in [0.25, 0.3) is 0 Å². The number of hydrogen-bond acceptors (Lipinski definition) is 2. The molecule has 3 rings (SSSR count). The van der Waals surface area contributed by atoms with Crippen LogP contribution >= 0.6 is 23.2 Å². The number of alkyl halides is 1. The highest BCUT2D eigenvalue weighted by atomic mass is 35.5. The summed E-state index contributed by atoms with van der Waals surface area (Å²) in [5.74, 6) is 0.527. The van der Waals surface area contributed by atoms with Gasteiger partial charge >= 0.3 is 0 Å². The van der Waals surface area contributed by atoms with Crippen molar-refractivity contribution in [3.8, 4) is 0 Å². The second-order valence-electron chi connectivity index (χ2n) is 4.77. The molecular weight excluding hydrogens is 257 g/mol. The van der Waals surface area contributed by atoms with E-state index in [2.05, 4.69) is 4.90 Å². The Bertz CT molecular complexity index is 412. The molecule has 4 heteroatoms. The third-order valence-electron chi connectivity index (χ3n) is 3.58. The minimum Gasteiger partial charge on any atom is -0.371 e. The topological polar surface area (TPSA) is 12.5 Å².